The monoisotopic (exact) mass is 192 g/mol. The second-order valence-corrected chi connectivity index (χ2v) is 3.71. The van der Waals surface area contributed by atoms with Crippen molar-refractivity contribution < 1.29 is 0 Å². The van der Waals surface area contributed by atoms with Crippen LogP contribution in [-0.2, 0) is 0 Å². The van der Waals surface area contributed by atoms with E-state index >= 15 is 0 Å². The van der Waals surface area contributed by atoms with E-state index in [0.717, 1.165) is 24.6 Å². The quantitative estimate of drug-likeness (QED) is 0.732. The van der Waals surface area contributed by atoms with Crippen LogP contribution in [0.4, 0.5) is 5.82 Å². The van der Waals surface area contributed by atoms with Crippen molar-refractivity contribution in [1.82, 2.24) is 15.3 Å². The highest BCUT2D eigenvalue weighted by Crippen LogP contribution is 2.10. The van der Waals surface area contributed by atoms with E-state index in [-0.39, 0.29) is 0 Å². The average molecular weight is 192 g/mol. The van der Waals surface area contributed by atoms with Gasteiger partial charge in [0.2, 0.25) is 0 Å². The van der Waals surface area contributed by atoms with Crippen LogP contribution in [0, 0.1) is 6.92 Å². The topological polar surface area (TPSA) is 49.8 Å². The summed E-state index contributed by atoms with van der Waals surface area (Å²) >= 11 is 0. The molecule has 4 nitrogen and oxygen atoms in total. The van der Waals surface area contributed by atoms with Crippen LogP contribution in [0.15, 0.2) is 12.4 Å². The predicted octanol–water partition coefficient (Wildman–Crippen LogP) is 0.949. The first kappa shape index (κ1) is 9.40. The van der Waals surface area contributed by atoms with Gasteiger partial charge in [0.05, 0.1) is 0 Å². The highest BCUT2D eigenvalue weighted by Gasteiger charge is 2.12. The van der Waals surface area contributed by atoms with Crippen molar-refractivity contribution >= 4 is 5.82 Å². The Morgan fingerprint density at radius 3 is 2.86 bits per heavy atom. The molecule has 0 atom stereocenters. The lowest BCUT2D eigenvalue weighted by molar-refractivity contribution is 0.478. The second-order valence-electron chi connectivity index (χ2n) is 3.71. The van der Waals surface area contributed by atoms with Gasteiger partial charge in [-0.25, -0.2) is 9.97 Å². The van der Waals surface area contributed by atoms with E-state index in [1.807, 2.05) is 13.0 Å². The minimum atomic E-state index is 0.561. The third kappa shape index (κ3) is 2.42. The third-order valence-corrected chi connectivity index (χ3v) is 2.49. The summed E-state index contributed by atoms with van der Waals surface area (Å²) in [5.41, 5.74) is 1.01. The first-order chi connectivity index (χ1) is 6.84. The second kappa shape index (κ2) is 4.37. The van der Waals surface area contributed by atoms with Gasteiger partial charge in [-0.15, -0.1) is 0 Å². The van der Waals surface area contributed by atoms with Gasteiger partial charge in [0.15, 0.2) is 0 Å². The highest BCUT2D eigenvalue weighted by molar-refractivity contribution is 5.35. The van der Waals surface area contributed by atoms with E-state index in [4.69, 9.17) is 0 Å². The summed E-state index contributed by atoms with van der Waals surface area (Å²) in [5.74, 6) is 0.949. The minimum Gasteiger partial charge on any atom is -0.367 e. The normalized spacial score (nSPS) is 18.1. The van der Waals surface area contributed by atoms with Gasteiger partial charge in [0, 0.05) is 17.8 Å². The van der Waals surface area contributed by atoms with Gasteiger partial charge in [-0.3, -0.25) is 0 Å². The molecule has 76 valence electrons. The van der Waals surface area contributed by atoms with Crippen molar-refractivity contribution in [1.29, 1.82) is 0 Å². The first-order valence-electron chi connectivity index (χ1n) is 5.10. The average Bonchev–Trinajstić information content (AvgIpc) is 2.19. The molecule has 0 amide bonds. The molecule has 0 spiro atoms. The summed E-state index contributed by atoms with van der Waals surface area (Å²) in [5, 5.41) is 6.77. The van der Waals surface area contributed by atoms with Crippen LogP contribution in [0.25, 0.3) is 0 Å². The van der Waals surface area contributed by atoms with Crippen LogP contribution < -0.4 is 10.6 Å². The van der Waals surface area contributed by atoms with Gasteiger partial charge < -0.3 is 10.6 Å². The number of anilines is 1. The van der Waals surface area contributed by atoms with Crippen molar-refractivity contribution in [2.24, 2.45) is 0 Å². The fourth-order valence-electron chi connectivity index (χ4n) is 1.71. The fourth-order valence-corrected chi connectivity index (χ4v) is 1.71. The summed E-state index contributed by atoms with van der Waals surface area (Å²) in [6.45, 7) is 4.18. The van der Waals surface area contributed by atoms with E-state index in [9.17, 15) is 0 Å². The zero-order valence-corrected chi connectivity index (χ0v) is 8.45. The molecule has 2 N–H and O–H groups in total. The molecule has 1 fully saturated rings. The van der Waals surface area contributed by atoms with Crippen molar-refractivity contribution in [3.63, 3.8) is 0 Å². The molecule has 0 aromatic carbocycles. The molecule has 0 unspecified atom stereocenters. The molecule has 0 radical (unpaired) electrons. The molecular formula is C10H16N4. The maximum absolute atomic E-state index is 4.19. The molecule has 1 saturated heterocycles. The maximum Gasteiger partial charge on any atom is 0.129 e. The Balaban J connectivity index is 1.95. The van der Waals surface area contributed by atoms with Crippen LogP contribution in [0.3, 0.4) is 0 Å². The van der Waals surface area contributed by atoms with Crippen molar-refractivity contribution in [2.45, 2.75) is 25.8 Å². The molecule has 0 bridgehead atoms. The Hall–Kier alpha value is -1.16. The van der Waals surface area contributed by atoms with Gasteiger partial charge in [0.1, 0.15) is 12.1 Å². The zero-order valence-electron chi connectivity index (χ0n) is 8.45. The van der Waals surface area contributed by atoms with Gasteiger partial charge >= 0.3 is 0 Å². The molecule has 1 aliphatic rings. The molecule has 1 aliphatic heterocycles. The Morgan fingerprint density at radius 2 is 2.14 bits per heavy atom. The SMILES string of the molecule is Cc1cc(NC2CCNCC2)ncn1. The Morgan fingerprint density at radius 1 is 1.36 bits per heavy atom. The molecule has 2 rings (SSSR count). The lowest BCUT2D eigenvalue weighted by Crippen LogP contribution is -2.35. The van der Waals surface area contributed by atoms with E-state index in [2.05, 4.69) is 20.6 Å². The number of hydrogen-bond donors (Lipinski definition) is 2. The Bertz CT molecular complexity index is 294. The van der Waals surface area contributed by atoms with E-state index in [1.54, 1.807) is 6.33 Å². The lowest BCUT2D eigenvalue weighted by Gasteiger charge is -2.24. The molecule has 0 saturated carbocycles. The van der Waals surface area contributed by atoms with Crippen LogP contribution in [0.2, 0.25) is 0 Å². The largest absolute Gasteiger partial charge is 0.367 e. The molecule has 0 aliphatic carbocycles. The number of rotatable bonds is 2. The molecule has 14 heavy (non-hydrogen) atoms. The summed E-state index contributed by atoms with van der Waals surface area (Å²) in [7, 11) is 0. The van der Waals surface area contributed by atoms with Gasteiger partial charge in [-0.2, -0.15) is 0 Å². The number of nitrogens with one attached hydrogen (secondary N) is 2. The number of hydrogen-bond acceptors (Lipinski definition) is 4. The van der Waals surface area contributed by atoms with Gasteiger partial charge in [0.25, 0.3) is 0 Å². The number of aromatic nitrogens is 2. The third-order valence-electron chi connectivity index (χ3n) is 2.49. The molecule has 1 aromatic heterocycles. The minimum absolute atomic E-state index is 0.561. The number of nitrogens with zero attached hydrogens (tertiary/aromatic N) is 2. The zero-order chi connectivity index (χ0) is 9.80. The summed E-state index contributed by atoms with van der Waals surface area (Å²) in [6, 6.07) is 2.55. The van der Waals surface area contributed by atoms with Crippen LogP contribution in [0.5, 0.6) is 0 Å². The lowest BCUT2D eigenvalue weighted by atomic mass is 10.1. The maximum atomic E-state index is 4.19. The Labute approximate surface area is 84.2 Å². The van der Waals surface area contributed by atoms with Crippen molar-refractivity contribution in [2.75, 3.05) is 18.4 Å². The van der Waals surface area contributed by atoms with E-state index in [1.165, 1.54) is 12.8 Å². The number of aryl methyl sites for hydroxylation is 1. The summed E-state index contributed by atoms with van der Waals surface area (Å²) < 4.78 is 0. The highest BCUT2D eigenvalue weighted by atomic mass is 15.0. The van der Waals surface area contributed by atoms with Gasteiger partial charge in [-0.1, -0.05) is 0 Å². The first-order valence-corrected chi connectivity index (χ1v) is 5.10. The standard InChI is InChI=1S/C10H16N4/c1-8-6-10(13-7-12-8)14-9-2-4-11-5-3-9/h6-7,9,11H,2-5H2,1H3,(H,12,13,14). The molecule has 2 heterocycles. The smallest absolute Gasteiger partial charge is 0.129 e. The molecule has 1 aromatic rings. The van der Waals surface area contributed by atoms with Crippen LogP contribution in [0.1, 0.15) is 18.5 Å². The van der Waals surface area contributed by atoms with Gasteiger partial charge in [-0.05, 0) is 32.9 Å². The molecular weight excluding hydrogens is 176 g/mol. The van der Waals surface area contributed by atoms with E-state index in [0.29, 0.717) is 6.04 Å². The van der Waals surface area contributed by atoms with Crippen molar-refractivity contribution in [3.05, 3.63) is 18.1 Å². The summed E-state index contributed by atoms with van der Waals surface area (Å²) in [6.07, 6.45) is 3.95. The predicted molar refractivity (Wildman–Crippen MR) is 56.3 cm³/mol. The van der Waals surface area contributed by atoms with Crippen molar-refractivity contribution in [3.8, 4) is 0 Å². The summed E-state index contributed by atoms with van der Waals surface area (Å²) in [4.78, 5) is 8.26. The van der Waals surface area contributed by atoms with Crippen LogP contribution >= 0.6 is 0 Å². The Kier molecular flexibility index (Phi) is 2.93. The van der Waals surface area contributed by atoms with E-state index < -0.39 is 0 Å². The fraction of sp³-hybridized carbons (Fsp3) is 0.600. The molecule has 4 heteroatoms. The van der Waals surface area contributed by atoms with Crippen LogP contribution in [-0.4, -0.2) is 29.1 Å². The number of piperidine rings is 1.